The van der Waals surface area contributed by atoms with Gasteiger partial charge in [0, 0.05) is 23.0 Å². The zero-order valence-corrected chi connectivity index (χ0v) is 16.9. The summed E-state index contributed by atoms with van der Waals surface area (Å²) in [6, 6.07) is 17.5. The fourth-order valence-electron chi connectivity index (χ4n) is 2.97. The lowest BCUT2D eigenvalue weighted by molar-refractivity contribution is -0.134. The first-order valence-corrected chi connectivity index (χ1v) is 9.82. The highest BCUT2D eigenvalue weighted by atomic mass is 35.5. The first-order valence-electron chi connectivity index (χ1n) is 9.45. The molecule has 0 fully saturated rings. The number of hydrogen-bond donors (Lipinski definition) is 0. The maximum absolute atomic E-state index is 12.7. The van der Waals surface area contributed by atoms with E-state index in [4.69, 9.17) is 16.1 Å². The Hall–Kier alpha value is -2.66. The van der Waals surface area contributed by atoms with E-state index in [1.54, 1.807) is 17.0 Å². The molecule has 0 aliphatic rings. The molecule has 0 spiro atoms. The molecule has 2 aromatic carbocycles. The molecule has 0 saturated carbocycles. The van der Waals surface area contributed by atoms with Crippen LogP contribution in [-0.4, -0.2) is 27.0 Å². The Morgan fingerprint density at radius 1 is 1.11 bits per heavy atom. The van der Waals surface area contributed by atoms with Crippen molar-refractivity contribution in [3.8, 4) is 11.4 Å². The Kier molecular flexibility index (Phi) is 6.82. The summed E-state index contributed by atoms with van der Waals surface area (Å²) in [5, 5.41) is 4.67. The van der Waals surface area contributed by atoms with Gasteiger partial charge in [0.25, 0.3) is 0 Å². The lowest BCUT2D eigenvalue weighted by atomic mass is 10.1. The van der Waals surface area contributed by atoms with Crippen molar-refractivity contribution in [2.45, 2.75) is 45.7 Å². The van der Waals surface area contributed by atoms with Crippen molar-refractivity contribution >= 4 is 17.5 Å². The fraction of sp³-hybridized carbons (Fsp3) is 0.318. The molecule has 1 aromatic heterocycles. The SMILES string of the molecule is CC(C)N(Cc1nc(-c2ccc(Cl)cc2)no1)C(=O)CCCc1ccccc1. The Labute approximate surface area is 170 Å². The molecule has 0 aliphatic carbocycles. The Bertz CT molecular complexity index is 892. The number of amides is 1. The van der Waals surface area contributed by atoms with Gasteiger partial charge in [-0.05, 0) is 56.5 Å². The van der Waals surface area contributed by atoms with Gasteiger partial charge in [0.05, 0.1) is 0 Å². The van der Waals surface area contributed by atoms with Crippen LogP contribution in [-0.2, 0) is 17.8 Å². The summed E-state index contributed by atoms with van der Waals surface area (Å²) in [5.74, 6) is 1.01. The molecular weight excluding hydrogens is 374 g/mol. The van der Waals surface area contributed by atoms with Gasteiger partial charge in [-0.3, -0.25) is 4.79 Å². The topological polar surface area (TPSA) is 59.2 Å². The fourth-order valence-corrected chi connectivity index (χ4v) is 3.10. The number of carbonyl (C=O) groups excluding carboxylic acids is 1. The molecule has 1 amide bonds. The molecule has 0 bridgehead atoms. The third kappa shape index (κ3) is 5.42. The average molecular weight is 398 g/mol. The molecule has 0 atom stereocenters. The molecule has 5 nitrogen and oxygen atoms in total. The first-order chi connectivity index (χ1) is 13.5. The van der Waals surface area contributed by atoms with Crippen LogP contribution in [0.3, 0.4) is 0 Å². The van der Waals surface area contributed by atoms with E-state index >= 15 is 0 Å². The quantitative estimate of drug-likeness (QED) is 0.527. The third-order valence-electron chi connectivity index (χ3n) is 4.52. The van der Waals surface area contributed by atoms with E-state index in [9.17, 15) is 4.79 Å². The highest BCUT2D eigenvalue weighted by Crippen LogP contribution is 2.20. The summed E-state index contributed by atoms with van der Waals surface area (Å²) in [5.41, 5.74) is 2.07. The summed E-state index contributed by atoms with van der Waals surface area (Å²) < 4.78 is 5.37. The van der Waals surface area contributed by atoms with Crippen molar-refractivity contribution in [3.05, 3.63) is 71.1 Å². The predicted molar refractivity (Wildman–Crippen MR) is 110 cm³/mol. The van der Waals surface area contributed by atoms with Gasteiger partial charge in [0.2, 0.25) is 17.6 Å². The maximum Gasteiger partial charge on any atom is 0.246 e. The highest BCUT2D eigenvalue weighted by Gasteiger charge is 2.20. The van der Waals surface area contributed by atoms with Crippen LogP contribution < -0.4 is 0 Å². The smallest absolute Gasteiger partial charge is 0.246 e. The normalized spacial score (nSPS) is 11.0. The second-order valence-electron chi connectivity index (χ2n) is 6.97. The number of rotatable bonds is 8. The van der Waals surface area contributed by atoms with Crippen molar-refractivity contribution in [1.82, 2.24) is 15.0 Å². The van der Waals surface area contributed by atoms with E-state index in [0.717, 1.165) is 18.4 Å². The number of nitrogens with zero attached hydrogens (tertiary/aromatic N) is 3. The zero-order valence-electron chi connectivity index (χ0n) is 16.1. The van der Waals surface area contributed by atoms with Gasteiger partial charge in [-0.2, -0.15) is 4.98 Å². The molecule has 0 N–H and O–H groups in total. The molecule has 3 rings (SSSR count). The van der Waals surface area contributed by atoms with E-state index in [0.29, 0.717) is 29.7 Å². The van der Waals surface area contributed by atoms with Crippen LogP contribution in [0.15, 0.2) is 59.1 Å². The molecule has 146 valence electrons. The zero-order chi connectivity index (χ0) is 19.9. The third-order valence-corrected chi connectivity index (χ3v) is 4.77. The molecular formula is C22H24ClN3O2. The van der Waals surface area contributed by atoms with E-state index in [1.165, 1.54) is 5.56 Å². The molecule has 1 heterocycles. The molecule has 0 radical (unpaired) electrons. The molecule has 0 unspecified atom stereocenters. The van der Waals surface area contributed by atoms with E-state index in [1.807, 2.05) is 44.2 Å². The van der Waals surface area contributed by atoms with Crippen LogP contribution in [0.25, 0.3) is 11.4 Å². The van der Waals surface area contributed by atoms with Gasteiger partial charge >= 0.3 is 0 Å². The second kappa shape index (κ2) is 9.51. The highest BCUT2D eigenvalue weighted by molar-refractivity contribution is 6.30. The predicted octanol–water partition coefficient (Wildman–Crippen LogP) is 5.15. The van der Waals surface area contributed by atoms with Gasteiger partial charge in [-0.15, -0.1) is 0 Å². The molecule has 28 heavy (non-hydrogen) atoms. The lowest BCUT2D eigenvalue weighted by Gasteiger charge is -2.25. The van der Waals surface area contributed by atoms with Gasteiger partial charge < -0.3 is 9.42 Å². The van der Waals surface area contributed by atoms with Crippen LogP contribution in [0.2, 0.25) is 5.02 Å². The number of benzene rings is 2. The Morgan fingerprint density at radius 2 is 1.82 bits per heavy atom. The number of hydrogen-bond acceptors (Lipinski definition) is 4. The van der Waals surface area contributed by atoms with Crippen LogP contribution in [0, 0.1) is 0 Å². The van der Waals surface area contributed by atoms with Gasteiger partial charge in [0.1, 0.15) is 6.54 Å². The summed E-state index contributed by atoms with van der Waals surface area (Å²) in [6.45, 7) is 4.29. The minimum atomic E-state index is 0.0510. The van der Waals surface area contributed by atoms with Crippen molar-refractivity contribution in [3.63, 3.8) is 0 Å². The summed E-state index contributed by atoms with van der Waals surface area (Å²) in [6.07, 6.45) is 2.19. The van der Waals surface area contributed by atoms with Crippen molar-refractivity contribution in [1.29, 1.82) is 0 Å². The van der Waals surface area contributed by atoms with E-state index < -0.39 is 0 Å². The van der Waals surface area contributed by atoms with E-state index in [-0.39, 0.29) is 11.9 Å². The minimum Gasteiger partial charge on any atom is -0.337 e. The van der Waals surface area contributed by atoms with Gasteiger partial charge in [-0.1, -0.05) is 47.1 Å². The van der Waals surface area contributed by atoms with Crippen LogP contribution in [0.1, 0.15) is 38.1 Å². The van der Waals surface area contributed by atoms with Crippen LogP contribution in [0.4, 0.5) is 0 Å². The Morgan fingerprint density at radius 3 is 2.50 bits per heavy atom. The molecule has 0 saturated heterocycles. The summed E-state index contributed by atoms with van der Waals surface area (Å²) in [7, 11) is 0. The first kappa shape index (κ1) is 20.1. The van der Waals surface area contributed by atoms with Gasteiger partial charge in [0.15, 0.2) is 0 Å². The van der Waals surface area contributed by atoms with Crippen molar-refractivity contribution < 1.29 is 9.32 Å². The molecule has 0 aliphatic heterocycles. The average Bonchev–Trinajstić information content (AvgIpc) is 3.16. The molecule has 3 aromatic rings. The van der Waals surface area contributed by atoms with Crippen molar-refractivity contribution in [2.24, 2.45) is 0 Å². The monoisotopic (exact) mass is 397 g/mol. The second-order valence-corrected chi connectivity index (χ2v) is 7.41. The number of aryl methyl sites for hydroxylation is 1. The number of aromatic nitrogens is 2. The molecule has 6 heteroatoms. The van der Waals surface area contributed by atoms with E-state index in [2.05, 4.69) is 22.3 Å². The van der Waals surface area contributed by atoms with Crippen molar-refractivity contribution in [2.75, 3.05) is 0 Å². The maximum atomic E-state index is 12.7. The lowest BCUT2D eigenvalue weighted by Crippen LogP contribution is -2.36. The summed E-state index contributed by atoms with van der Waals surface area (Å²) in [4.78, 5) is 18.9. The Balaban J connectivity index is 1.59. The standard InChI is InChI=1S/C22H24ClN3O2/c1-16(2)26(21(27)10-6-9-17-7-4-3-5-8-17)15-20-24-22(25-28-20)18-11-13-19(23)14-12-18/h3-5,7-8,11-14,16H,6,9-10,15H2,1-2H3. The number of halogens is 1. The van der Waals surface area contributed by atoms with Crippen LogP contribution in [0.5, 0.6) is 0 Å². The number of carbonyl (C=O) groups is 1. The summed E-state index contributed by atoms with van der Waals surface area (Å²) >= 11 is 5.92. The van der Waals surface area contributed by atoms with Crippen LogP contribution >= 0.6 is 11.6 Å². The minimum absolute atomic E-state index is 0.0510. The van der Waals surface area contributed by atoms with Gasteiger partial charge in [-0.25, -0.2) is 0 Å². The largest absolute Gasteiger partial charge is 0.337 e.